The summed E-state index contributed by atoms with van der Waals surface area (Å²) < 4.78 is 19.0. The summed E-state index contributed by atoms with van der Waals surface area (Å²) in [6.07, 6.45) is 5.19. The molecule has 1 amide bonds. The molecule has 0 spiro atoms. The molecule has 1 aliphatic heterocycles. The zero-order valence-electron chi connectivity index (χ0n) is 17.9. The van der Waals surface area contributed by atoms with E-state index in [2.05, 4.69) is 15.6 Å². The van der Waals surface area contributed by atoms with Crippen LogP contribution in [-0.2, 0) is 4.79 Å². The predicted octanol–water partition coefficient (Wildman–Crippen LogP) is 3.56. The summed E-state index contributed by atoms with van der Waals surface area (Å²) in [6, 6.07) is 6.34. The van der Waals surface area contributed by atoms with Crippen molar-refractivity contribution in [1.29, 1.82) is 0 Å². The first-order valence-corrected chi connectivity index (χ1v) is 10.8. The van der Waals surface area contributed by atoms with Gasteiger partial charge in [0.2, 0.25) is 5.91 Å². The van der Waals surface area contributed by atoms with Crippen molar-refractivity contribution in [2.45, 2.75) is 58.1 Å². The molecule has 30 heavy (non-hydrogen) atoms. The number of amides is 1. The second-order valence-electron chi connectivity index (χ2n) is 8.00. The number of benzene rings is 1. The second-order valence-corrected chi connectivity index (χ2v) is 8.00. The molecule has 1 aromatic carbocycles. The molecule has 1 aromatic rings. The van der Waals surface area contributed by atoms with Gasteiger partial charge in [-0.05, 0) is 45.2 Å². The third kappa shape index (κ3) is 7.28. The summed E-state index contributed by atoms with van der Waals surface area (Å²) in [7, 11) is 0. The number of ether oxygens (including phenoxy) is 1. The van der Waals surface area contributed by atoms with Crippen molar-refractivity contribution in [2.24, 2.45) is 10.9 Å². The maximum absolute atomic E-state index is 13.3. The smallest absolute Gasteiger partial charge is 0.225 e. The van der Waals surface area contributed by atoms with Gasteiger partial charge in [-0.1, -0.05) is 18.9 Å². The van der Waals surface area contributed by atoms with Crippen LogP contribution in [0.25, 0.3) is 0 Å². The molecular formula is C22H34FIN4O2. The third-order valence-corrected chi connectivity index (χ3v) is 5.53. The van der Waals surface area contributed by atoms with Crippen molar-refractivity contribution in [1.82, 2.24) is 15.5 Å². The monoisotopic (exact) mass is 532 g/mol. The van der Waals surface area contributed by atoms with Gasteiger partial charge in [0.05, 0.1) is 6.54 Å². The summed E-state index contributed by atoms with van der Waals surface area (Å²) in [5.41, 5.74) is 0. The van der Waals surface area contributed by atoms with E-state index in [1.54, 1.807) is 12.1 Å². The fourth-order valence-corrected chi connectivity index (χ4v) is 4.05. The largest absolute Gasteiger partial charge is 0.489 e. The highest BCUT2D eigenvalue weighted by molar-refractivity contribution is 14.0. The molecule has 1 aliphatic carbocycles. The summed E-state index contributed by atoms with van der Waals surface area (Å²) in [5, 5.41) is 6.71. The zero-order valence-corrected chi connectivity index (χ0v) is 20.2. The number of rotatable bonds is 7. The number of nitrogens with zero attached hydrogens (tertiary/aromatic N) is 2. The van der Waals surface area contributed by atoms with Gasteiger partial charge in [0.15, 0.2) is 5.96 Å². The Kier molecular flexibility index (Phi) is 10.1. The number of carbonyl (C=O) groups excluding carboxylic acids is 1. The lowest BCUT2D eigenvalue weighted by molar-refractivity contribution is -0.134. The van der Waals surface area contributed by atoms with E-state index in [1.807, 2.05) is 18.7 Å². The fraction of sp³-hybridized carbons (Fsp3) is 0.636. The van der Waals surface area contributed by atoms with E-state index in [4.69, 9.17) is 4.74 Å². The quantitative estimate of drug-likeness (QED) is 0.320. The summed E-state index contributed by atoms with van der Waals surface area (Å²) in [5.74, 6) is 1.47. The molecule has 0 aromatic heterocycles. The average molecular weight is 532 g/mol. The SMILES string of the molecule is CCNC(=NCC(C)Oc1cccc(F)c1)NC1CCN(C(=O)C2CCCC2)C1.I. The number of hydrogen-bond donors (Lipinski definition) is 2. The molecule has 3 rings (SSSR count). The normalized spacial score (nSPS) is 20.6. The lowest BCUT2D eigenvalue weighted by atomic mass is 10.1. The number of halogens is 2. The standard InChI is InChI=1S/C22H33FN4O2.HI/c1-3-24-22(25-14-16(2)29-20-10-6-9-18(23)13-20)26-19-11-12-27(15-19)21(28)17-7-4-5-8-17;/h6,9-10,13,16-17,19H,3-5,7-8,11-12,14-15H2,1-2H3,(H2,24,25,26);1H. The molecule has 2 N–H and O–H groups in total. The van der Waals surface area contributed by atoms with Crippen molar-refractivity contribution in [3.63, 3.8) is 0 Å². The second kappa shape index (κ2) is 12.3. The van der Waals surface area contributed by atoms with Crippen LogP contribution in [0.1, 0.15) is 46.0 Å². The Morgan fingerprint density at radius 2 is 2.10 bits per heavy atom. The van der Waals surface area contributed by atoms with Crippen LogP contribution >= 0.6 is 24.0 Å². The van der Waals surface area contributed by atoms with Gasteiger partial charge >= 0.3 is 0 Å². The van der Waals surface area contributed by atoms with E-state index in [1.165, 1.54) is 25.0 Å². The van der Waals surface area contributed by atoms with Gasteiger partial charge in [-0.25, -0.2) is 9.38 Å². The minimum Gasteiger partial charge on any atom is -0.489 e. The molecular weight excluding hydrogens is 498 g/mol. The Bertz CT molecular complexity index is 712. The summed E-state index contributed by atoms with van der Waals surface area (Å²) in [4.78, 5) is 19.2. The van der Waals surface area contributed by atoms with Crippen LogP contribution in [-0.4, -0.2) is 55.1 Å². The van der Waals surface area contributed by atoms with Crippen LogP contribution in [0.4, 0.5) is 4.39 Å². The molecule has 0 bridgehead atoms. The Morgan fingerprint density at radius 1 is 1.33 bits per heavy atom. The lowest BCUT2D eigenvalue weighted by Crippen LogP contribution is -2.45. The Morgan fingerprint density at radius 3 is 2.80 bits per heavy atom. The van der Waals surface area contributed by atoms with Crippen molar-refractivity contribution < 1.29 is 13.9 Å². The molecule has 2 fully saturated rings. The van der Waals surface area contributed by atoms with Gasteiger partial charge in [-0.3, -0.25) is 4.79 Å². The van der Waals surface area contributed by atoms with Crippen LogP contribution in [0.3, 0.4) is 0 Å². The molecule has 8 heteroatoms. The van der Waals surface area contributed by atoms with Crippen molar-refractivity contribution in [2.75, 3.05) is 26.2 Å². The first-order valence-electron chi connectivity index (χ1n) is 10.8. The minimum absolute atomic E-state index is 0. The molecule has 168 valence electrons. The molecule has 1 saturated heterocycles. The fourth-order valence-electron chi connectivity index (χ4n) is 4.05. The van der Waals surface area contributed by atoms with E-state index in [-0.39, 0.29) is 47.9 Å². The van der Waals surface area contributed by atoms with Gasteiger partial charge in [-0.2, -0.15) is 0 Å². The molecule has 1 heterocycles. The molecule has 6 nitrogen and oxygen atoms in total. The highest BCUT2D eigenvalue weighted by Crippen LogP contribution is 2.27. The van der Waals surface area contributed by atoms with E-state index < -0.39 is 0 Å². The molecule has 0 radical (unpaired) electrons. The average Bonchev–Trinajstić information content (AvgIpc) is 3.38. The first kappa shape index (κ1) is 24.7. The van der Waals surface area contributed by atoms with Crippen LogP contribution in [0.15, 0.2) is 29.3 Å². The van der Waals surface area contributed by atoms with Crippen LogP contribution < -0.4 is 15.4 Å². The highest BCUT2D eigenvalue weighted by Gasteiger charge is 2.32. The van der Waals surface area contributed by atoms with Gasteiger partial charge < -0.3 is 20.3 Å². The Labute approximate surface area is 196 Å². The van der Waals surface area contributed by atoms with E-state index in [9.17, 15) is 9.18 Å². The van der Waals surface area contributed by atoms with Gasteiger partial charge in [-0.15, -0.1) is 24.0 Å². The Hall–Kier alpha value is -1.58. The van der Waals surface area contributed by atoms with Crippen LogP contribution in [0.5, 0.6) is 5.75 Å². The van der Waals surface area contributed by atoms with E-state index >= 15 is 0 Å². The number of likely N-dealkylation sites (tertiary alicyclic amines) is 1. The summed E-state index contributed by atoms with van der Waals surface area (Å²) >= 11 is 0. The maximum Gasteiger partial charge on any atom is 0.225 e. The summed E-state index contributed by atoms with van der Waals surface area (Å²) in [6.45, 7) is 6.68. The van der Waals surface area contributed by atoms with Crippen LogP contribution in [0, 0.1) is 11.7 Å². The van der Waals surface area contributed by atoms with Crippen molar-refractivity contribution in [3.8, 4) is 5.75 Å². The number of carbonyl (C=O) groups is 1. The first-order chi connectivity index (χ1) is 14.0. The highest BCUT2D eigenvalue weighted by atomic mass is 127. The maximum atomic E-state index is 13.3. The Balaban J connectivity index is 0.00000320. The number of aliphatic imine (C=N–C) groups is 1. The van der Waals surface area contributed by atoms with Gasteiger partial charge in [0.25, 0.3) is 0 Å². The number of hydrogen-bond acceptors (Lipinski definition) is 3. The van der Waals surface area contributed by atoms with Crippen molar-refractivity contribution >= 4 is 35.8 Å². The predicted molar refractivity (Wildman–Crippen MR) is 128 cm³/mol. The minimum atomic E-state index is -0.314. The lowest BCUT2D eigenvalue weighted by Gasteiger charge is -2.22. The van der Waals surface area contributed by atoms with Crippen molar-refractivity contribution in [3.05, 3.63) is 30.1 Å². The van der Waals surface area contributed by atoms with E-state index in [0.29, 0.717) is 18.2 Å². The topological polar surface area (TPSA) is 66.0 Å². The molecule has 1 saturated carbocycles. The van der Waals surface area contributed by atoms with Gasteiger partial charge in [0.1, 0.15) is 17.7 Å². The van der Waals surface area contributed by atoms with Crippen LogP contribution in [0.2, 0.25) is 0 Å². The number of guanidine groups is 1. The van der Waals surface area contributed by atoms with E-state index in [0.717, 1.165) is 44.9 Å². The van der Waals surface area contributed by atoms with Gasteiger partial charge in [0, 0.05) is 37.7 Å². The molecule has 2 aliphatic rings. The zero-order chi connectivity index (χ0) is 20.6. The number of nitrogens with one attached hydrogen (secondary N) is 2. The molecule has 2 atom stereocenters. The molecule has 2 unspecified atom stereocenters. The third-order valence-electron chi connectivity index (χ3n) is 5.53.